The molecule has 0 radical (unpaired) electrons. The molecule has 0 N–H and O–H groups in total. The number of aryl methyl sites for hydroxylation is 2. The SMILES string of the molecule is CCCc1cc(C)c(CCC)c(CCC)c1C. The zero-order valence-corrected chi connectivity index (χ0v) is 12.3. The van der Waals surface area contributed by atoms with Crippen molar-refractivity contribution in [3.63, 3.8) is 0 Å². The maximum atomic E-state index is 2.43. The first-order valence-electron chi connectivity index (χ1n) is 7.26. The average molecular weight is 232 g/mol. The quantitative estimate of drug-likeness (QED) is 0.635. The summed E-state index contributed by atoms with van der Waals surface area (Å²) in [6, 6.07) is 2.43. The summed E-state index contributed by atoms with van der Waals surface area (Å²) in [4.78, 5) is 0. The first-order chi connectivity index (χ1) is 8.15. The Morgan fingerprint density at radius 3 is 1.82 bits per heavy atom. The second kappa shape index (κ2) is 6.83. The normalized spacial score (nSPS) is 10.9. The predicted molar refractivity (Wildman–Crippen MR) is 77.9 cm³/mol. The van der Waals surface area contributed by atoms with Gasteiger partial charge in [0, 0.05) is 0 Å². The topological polar surface area (TPSA) is 0 Å². The van der Waals surface area contributed by atoms with Crippen LogP contribution in [0.15, 0.2) is 6.07 Å². The monoisotopic (exact) mass is 232 g/mol. The van der Waals surface area contributed by atoms with Crippen LogP contribution in [0.25, 0.3) is 0 Å². The van der Waals surface area contributed by atoms with Gasteiger partial charge >= 0.3 is 0 Å². The second-order valence-corrected chi connectivity index (χ2v) is 5.18. The molecule has 0 aliphatic heterocycles. The van der Waals surface area contributed by atoms with E-state index in [1.54, 1.807) is 22.3 Å². The minimum absolute atomic E-state index is 1.23. The lowest BCUT2D eigenvalue weighted by Crippen LogP contribution is -2.04. The molecular weight excluding hydrogens is 204 g/mol. The van der Waals surface area contributed by atoms with E-state index in [4.69, 9.17) is 0 Å². The summed E-state index contributed by atoms with van der Waals surface area (Å²) in [6.45, 7) is 11.5. The number of benzene rings is 1. The summed E-state index contributed by atoms with van der Waals surface area (Å²) in [6.07, 6.45) is 7.49. The zero-order chi connectivity index (χ0) is 12.8. The Balaban J connectivity index is 3.25. The Kier molecular flexibility index (Phi) is 5.74. The van der Waals surface area contributed by atoms with E-state index in [-0.39, 0.29) is 0 Å². The Morgan fingerprint density at radius 2 is 1.29 bits per heavy atom. The maximum absolute atomic E-state index is 2.43. The van der Waals surface area contributed by atoms with Gasteiger partial charge < -0.3 is 0 Å². The summed E-state index contributed by atoms with van der Waals surface area (Å²) in [5.41, 5.74) is 7.95. The van der Waals surface area contributed by atoms with Crippen molar-refractivity contribution in [3.05, 3.63) is 33.9 Å². The molecule has 0 heterocycles. The summed E-state index contributed by atoms with van der Waals surface area (Å²) in [5.74, 6) is 0. The molecule has 0 atom stereocenters. The van der Waals surface area contributed by atoms with Gasteiger partial charge in [0.1, 0.15) is 0 Å². The third kappa shape index (κ3) is 3.34. The lowest BCUT2D eigenvalue weighted by Gasteiger charge is -2.18. The molecule has 0 aliphatic rings. The molecule has 0 aliphatic carbocycles. The highest BCUT2D eigenvalue weighted by Gasteiger charge is 2.11. The van der Waals surface area contributed by atoms with Crippen LogP contribution < -0.4 is 0 Å². The van der Waals surface area contributed by atoms with Crippen molar-refractivity contribution in [1.82, 2.24) is 0 Å². The fourth-order valence-corrected chi connectivity index (χ4v) is 2.83. The van der Waals surface area contributed by atoms with Crippen LogP contribution in [0.4, 0.5) is 0 Å². The predicted octanol–water partition coefficient (Wildman–Crippen LogP) is 5.16. The van der Waals surface area contributed by atoms with Crippen molar-refractivity contribution < 1.29 is 0 Å². The Bertz CT molecular complexity index is 361. The lowest BCUT2D eigenvalue weighted by molar-refractivity contribution is 0.831. The van der Waals surface area contributed by atoms with Gasteiger partial charge in [-0.1, -0.05) is 46.1 Å². The molecule has 1 aromatic rings. The van der Waals surface area contributed by atoms with Crippen LogP contribution in [0.5, 0.6) is 0 Å². The molecule has 0 bridgehead atoms. The first-order valence-corrected chi connectivity index (χ1v) is 7.26. The van der Waals surface area contributed by atoms with Crippen LogP contribution in [0.2, 0.25) is 0 Å². The van der Waals surface area contributed by atoms with E-state index in [9.17, 15) is 0 Å². The Hall–Kier alpha value is -0.780. The molecule has 0 aromatic heterocycles. The van der Waals surface area contributed by atoms with Crippen LogP contribution in [-0.4, -0.2) is 0 Å². The third-order valence-corrected chi connectivity index (χ3v) is 3.68. The van der Waals surface area contributed by atoms with Gasteiger partial charge in [-0.2, -0.15) is 0 Å². The molecule has 96 valence electrons. The molecule has 0 saturated carbocycles. The minimum atomic E-state index is 1.23. The first kappa shape index (κ1) is 14.3. The molecule has 0 heteroatoms. The number of hydrogen-bond acceptors (Lipinski definition) is 0. The van der Waals surface area contributed by atoms with Crippen LogP contribution in [0.1, 0.15) is 67.9 Å². The lowest BCUT2D eigenvalue weighted by atomic mass is 9.87. The smallest absolute Gasteiger partial charge is 0.0276 e. The van der Waals surface area contributed by atoms with E-state index < -0.39 is 0 Å². The Labute approximate surface area is 107 Å². The summed E-state index contributed by atoms with van der Waals surface area (Å²) in [5, 5.41) is 0. The largest absolute Gasteiger partial charge is 0.0651 e. The third-order valence-electron chi connectivity index (χ3n) is 3.68. The van der Waals surface area contributed by atoms with E-state index >= 15 is 0 Å². The fourth-order valence-electron chi connectivity index (χ4n) is 2.83. The van der Waals surface area contributed by atoms with Crippen molar-refractivity contribution in [1.29, 1.82) is 0 Å². The molecule has 1 aromatic carbocycles. The van der Waals surface area contributed by atoms with Crippen molar-refractivity contribution in [2.24, 2.45) is 0 Å². The Morgan fingerprint density at radius 1 is 0.765 bits per heavy atom. The van der Waals surface area contributed by atoms with Crippen LogP contribution >= 0.6 is 0 Å². The van der Waals surface area contributed by atoms with Gasteiger partial charge in [0.05, 0.1) is 0 Å². The van der Waals surface area contributed by atoms with E-state index in [0.29, 0.717) is 0 Å². The van der Waals surface area contributed by atoms with Gasteiger partial charge in [0.2, 0.25) is 0 Å². The van der Waals surface area contributed by atoms with E-state index in [2.05, 4.69) is 40.7 Å². The van der Waals surface area contributed by atoms with E-state index in [1.807, 2.05) is 0 Å². The highest BCUT2D eigenvalue weighted by molar-refractivity contribution is 5.45. The standard InChI is InChI=1S/C17H28/c1-6-9-15-12-13(4)16(10-7-2)17(11-8-3)14(15)5/h12H,6-11H2,1-5H3. The molecule has 0 fully saturated rings. The van der Waals surface area contributed by atoms with Crippen molar-refractivity contribution in [2.45, 2.75) is 73.1 Å². The zero-order valence-electron chi connectivity index (χ0n) is 12.3. The summed E-state index contributed by atoms with van der Waals surface area (Å²) in [7, 11) is 0. The second-order valence-electron chi connectivity index (χ2n) is 5.18. The van der Waals surface area contributed by atoms with Crippen molar-refractivity contribution >= 4 is 0 Å². The van der Waals surface area contributed by atoms with Gasteiger partial charge in [-0.05, 0) is 60.9 Å². The van der Waals surface area contributed by atoms with Crippen LogP contribution in [0, 0.1) is 13.8 Å². The summed E-state index contributed by atoms with van der Waals surface area (Å²) < 4.78 is 0. The molecule has 0 spiro atoms. The molecule has 0 saturated heterocycles. The number of rotatable bonds is 6. The fraction of sp³-hybridized carbons (Fsp3) is 0.647. The van der Waals surface area contributed by atoms with E-state index in [1.165, 1.54) is 44.1 Å². The molecule has 1 rings (SSSR count). The van der Waals surface area contributed by atoms with Crippen LogP contribution in [0.3, 0.4) is 0 Å². The van der Waals surface area contributed by atoms with Crippen molar-refractivity contribution in [3.8, 4) is 0 Å². The molecule has 0 nitrogen and oxygen atoms in total. The maximum Gasteiger partial charge on any atom is -0.0276 e. The average Bonchev–Trinajstić information content (AvgIpc) is 2.30. The minimum Gasteiger partial charge on any atom is -0.0651 e. The van der Waals surface area contributed by atoms with Gasteiger partial charge in [-0.15, -0.1) is 0 Å². The van der Waals surface area contributed by atoms with Crippen molar-refractivity contribution in [2.75, 3.05) is 0 Å². The highest BCUT2D eigenvalue weighted by atomic mass is 14.2. The van der Waals surface area contributed by atoms with E-state index in [0.717, 1.165) is 0 Å². The van der Waals surface area contributed by atoms with Gasteiger partial charge in [0.15, 0.2) is 0 Å². The number of hydrogen-bond donors (Lipinski definition) is 0. The molecular formula is C17H28. The molecule has 0 unspecified atom stereocenters. The molecule has 0 amide bonds. The summed E-state index contributed by atoms with van der Waals surface area (Å²) >= 11 is 0. The highest BCUT2D eigenvalue weighted by Crippen LogP contribution is 2.26. The van der Waals surface area contributed by atoms with Gasteiger partial charge in [0.25, 0.3) is 0 Å². The van der Waals surface area contributed by atoms with Gasteiger partial charge in [-0.25, -0.2) is 0 Å². The van der Waals surface area contributed by atoms with Crippen LogP contribution in [-0.2, 0) is 19.3 Å². The van der Waals surface area contributed by atoms with Gasteiger partial charge in [-0.3, -0.25) is 0 Å². The molecule has 17 heavy (non-hydrogen) atoms.